The Labute approximate surface area is 549 Å². The molecule has 4 nitrogen and oxygen atoms in total. The molecule has 0 saturated heterocycles. The second-order valence-corrected chi connectivity index (χ2v) is 29.3. The number of carbonyl (C=O) groups is 1. The lowest BCUT2D eigenvalue weighted by Crippen LogP contribution is -2.29. The quantitative estimate of drug-likeness (QED) is 0.0362. The molecule has 0 saturated carbocycles. The van der Waals surface area contributed by atoms with Crippen molar-refractivity contribution >= 4 is 5.97 Å². The molecular formula is C83H164O4. The summed E-state index contributed by atoms with van der Waals surface area (Å²) in [4.78, 5) is 12.5. The Balaban J connectivity index is 3.48. The zero-order valence-electron chi connectivity index (χ0n) is 60.7. The van der Waals surface area contributed by atoms with Crippen molar-refractivity contribution in [3.05, 3.63) is 12.2 Å². The number of esters is 1. The van der Waals surface area contributed by atoms with Crippen LogP contribution in [0.3, 0.4) is 0 Å². The van der Waals surface area contributed by atoms with Crippen LogP contribution in [0.25, 0.3) is 0 Å². The molecular weight excluding hydrogens is 1060 g/mol. The second kappa shape index (κ2) is 74.2. The number of rotatable bonds is 76. The maximum absolute atomic E-state index is 12.5. The standard InChI is InChI=1S/C83H164O4/c1-6-8-10-12-14-16-18-20-22-24-25-26-27-33-39-45-51-57-63-69-75-80(83(86)87-5)82(85)77-71-65-59-53-47-41-35-29-31-37-43-49-55-61-67-73-78(3)72-66-60-54-48-42-36-30-28-34-40-46-52-58-64-70-76-81(84)79(4)74-68-62-56-50-44-38-32-23-21-19-17-15-13-11-9-7-2/h66,72,78-82,84-85H,6-65,67-71,73-77H2,1-5H3/b72-66+/t78-,79+,80-,81-,82-/m1/s1. The van der Waals surface area contributed by atoms with Gasteiger partial charge in [-0.3, -0.25) is 4.79 Å². The van der Waals surface area contributed by atoms with E-state index in [1.807, 2.05) is 0 Å². The number of ether oxygens (including phenoxy) is 1. The van der Waals surface area contributed by atoms with E-state index in [4.69, 9.17) is 4.74 Å². The highest BCUT2D eigenvalue weighted by molar-refractivity contribution is 5.72. The molecule has 5 atom stereocenters. The van der Waals surface area contributed by atoms with Crippen molar-refractivity contribution in [2.45, 2.75) is 489 Å². The van der Waals surface area contributed by atoms with Gasteiger partial charge in [-0.25, -0.2) is 0 Å². The zero-order valence-corrected chi connectivity index (χ0v) is 60.7. The number of methoxy groups -OCH3 is 1. The van der Waals surface area contributed by atoms with Gasteiger partial charge in [0, 0.05) is 0 Å². The van der Waals surface area contributed by atoms with E-state index in [-0.39, 0.29) is 18.0 Å². The summed E-state index contributed by atoms with van der Waals surface area (Å²) in [5.41, 5.74) is 0. The van der Waals surface area contributed by atoms with Crippen molar-refractivity contribution in [1.82, 2.24) is 0 Å². The summed E-state index contributed by atoms with van der Waals surface area (Å²) in [5.74, 6) is 0.643. The molecule has 0 aliphatic rings. The fourth-order valence-corrected chi connectivity index (χ4v) is 14.0. The second-order valence-electron chi connectivity index (χ2n) is 29.3. The molecule has 0 aliphatic carbocycles. The summed E-state index contributed by atoms with van der Waals surface area (Å²) >= 11 is 0. The highest BCUT2D eigenvalue weighted by Crippen LogP contribution is 2.25. The van der Waals surface area contributed by atoms with Gasteiger partial charge in [0.05, 0.1) is 25.2 Å². The Hall–Kier alpha value is -0.870. The first kappa shape index (κ1) is 86.1. The van der Waals surface area contributed by atoms with Crippen LogP contribution in [0, 0.1) is 17.8 Å². The summed E-state index contributed by atoms with van der Waals surface area (Å²) in [6.45, 7) is 9.31. The fourth-order valence-electron chi connectivity index (χ4n) is 14.0. The van der Waals surface area contributed by atoms with E-state index in [1.54, 1.807) is 0 Å². The van der Waals surface area contributed by atoms with Crippen LogP contribution in [-0.2, 0) is 9.53 Å². The summed E-state index contributed by atoms with van der Waals surface area (Å²) < 4.78 is 5.12. The molecule has 87 heavy (non-hydrogen) atoms. The summed E-state index contributed by atoms with van der Waals surface area (Å²) in [6.07, 6.45) is 99.1. The summed E-state index contributed by atoms with van der Waals surface area (Å²) in [7, 11) is 1.48. The molecule has 0 spiro atoms. The molecule has 0 fully saturated rings. The molecule has 0 amide bonds. The molecule has 520 valence electrons. The third-order valence-corrected chi connectivity index (χ3v) is 20.5. The number of aliphatic hydroxyl groups is 2. The van der Waals surface area contributed by atoms with E-state index in [0.29, 0.717) is 5.92 Å². The third kappa shape index (κ3) is 67.8. The molecule has 0 unspecified atom stereocenters. The number of unbranched alkanes of at least 4 members (excludes halogenated alkanes) is 61. The van der Waals surface area contributed by atoms with Gasteiger partial charge in [-0.1, -0.05) is 444 Å². The van der Waals surface area contributed by atoms with Crippen LogP contribution in [0.5, 0.6) is 0 Å². The van der Waals surface area contributed by atoms with Gasteiger partial charge in [-0.2, -0.15) is 0 Å². The van der Waals surface area contributed by atoms with Crippen molar-refractivity contribution in [1.29, 1.82) is 0 Å². The monoisotopic (exact) mass is 1230 g/mol. The Bertz CT molecular complexity index is 1300. The number of carbonyl (C=O) groups excluding carboxylic acids is 1. The van der Waals surface area contributed by atoms with Crippen LogP contribution in [0.15, 0.2) is 12.2 Å². The van der Waals surface area contributed by atoms with Crippen LogP contribution < -0.4 is 0 Å². The van der Waals surface area contributed by atoms with Crippen molar-refractivity contribution in [3.8, 4) is 0 Å². The fraction of sp³-hybridized carbons (Fsp3) is 0.964. The number of allylic oxidation sites excluding steroid dienone is 2. The Morgan fingerprint density at radius 3 is 0.782 bits per heavy atom. The van der Waals surface area contributed by atoms with E-state index in [1.165, 1.54) is 412 Å². The van der Waals surface area contributed by atoms with Crippen LogP contribution in [0.4, 0.5) is 0 Å². The number of hydrogen-bond donors (Lipinski definition) is 2. The van der Waals surface area contributed by atoms with Gasteiger partial charge in [0.15, 0.2) is 0 Å². The first-order valence-corrected chi connectivity index (χ1v) is 41.0. The molecule has 0 radical (unpaired) electrons. The van der Waals surface area contributed by atoms with Gasteiger partial charge in [0.1, 0.15) is 0 Å². The average Bonchev–Trinajstić information content (AvgIpc) is 3.56. The van der Waals surface area contributed by atoms with Gasteiger partial charge in [0.2, 0.25) is 0 Å². The highest BCUT2D eigenvalue weighted by Gasteiger charge is 2.27. The van der Waals surface area contributed by atoms with Crippen molar-refractivity contribution in [2.75, 3.05) is 7.11 Å². The molecule has 0 rings (SSSR count). The molecule has 0 bridgehead atoms. The number of hydrogen-bond acceptors (Lipinski definition) is 4. The third-order valence-electron chi connectivity index (χ3n) is 20.5. The predicted octanol–water partition coefficient (Wildman–Crippen LogP) is 28.7. The SMILES string of the molecule is CCCCCCCCCCCCCCCCCCCCCC[C@@H](C(=O)OC)[C@H](O)CCCCCCCCCCCCCCCCC[C@H](C)/C=C/CCCCCCCCCCCCCCC[C@@H](O)[C@@H](C)CCCCCCCCCCCCCCCCCC. The molecule has 2 N–H and O–H groups in total. The average molecular weight is 1230 g/mol. The minimum Gasteiger partial charge on any atom is -0.469 e. The molecule has 4 heteroatoms. The van der Waals surface area contributed by atoms with E-state index in [2.05, 4.69) is 39.8 Å². The van der Waals surface area contributed by atoms with Crippen LogP contribution >= 0.6 is 0 Å². The molecule has 0 heterocycles. The molecule has 0 aromatic heterocycles. The van der Waals surface area contributed by atoms with Gasteiger partial charge in [-0.05, 0) is 56.8 Å². The first-order valence-electron chi connectivity index (χ1n) is 41.0. The Morgan fingerprint density at radius 1 is 0.287 bits per heavy atom. The first-order chi connectivity index (χ1) is 42.9. The summed E-state index contributed by atoms with van der Waals surface area (Å²) in [6, 6.07) is 0. The molecule has 0 aromatic carbocycles. The van der Waals surface area contributed by atoms with Crippen molar-refractivity contribution in [3.63, 3.8) is 0 Å². The van der Waals surface area contributed by atoms with E-state index in [9.17, 15) is 15.0 Å². The topological polar surface area (TPSA) is 66.8 Å². The molecule has 0 aliphatic heterocycles. The van der Waals surface area contributed by atoms with Crippen LogP contribution in [0.2, 0.25) is 0 Å². The van der Waals surface area contributed by atoms with Gasteiger partial charge in [-0.15, -0.1) is 0 Å². The largest absolute Gasteiger partial charge is 0.469 e. The van der Waals surface area contributed by atoms with Crippen LogP contribution in [-0.4, -0.2) is 35.5 Å². The van der Waals surface area contributed by atoms with E-state index < -0.39 is 6.10 Å². The predicted molar refractivity (Wildman–Crippen MR) is 390 cm³/mol. The maximum Gasteiger partial charge on any atom is 0.311 e. The zero-order chi connectivity index (χ0) is 63.1. The van der Waals surface area contributed by atoms with Gasteiger partial charge in [0.25, 0.3) is 0 Å². The minimum atomic E-state index is -0.558. The van der Waals surface area contributed by atoms with Gasteiger partial charge < -0.3 is 14.9 Å². The summed E-state index contributed by atoms with van der Waals surface area (Å²) in [5, 5.41) is 21.7. The van der Waals surface area contributed by atoms with Crippen molar-refractivity contribution < 1.29 is 19.7 Å². The Morgan fingerprint density at radius 2 is 0.506 bits per heavy atom. The van der Waals surface area contributed by atoms with Gasteiger partial charge >= 0.3 is 5.97 Å². The minimum absolute atomic E-state index is 0.0842. The highest BCUT2D eigenvalue weighted by atomic mass is 16.5. The maximum atomic E-state index is 12.5. The number of aliphatic hydroxyl groups excluding tert-OH is 2. The smallest absolute Gasteiger partial charge is 0.311 e. The van der Waals surface area contributed by atoms with Crippen LogP contribution in [0.1, 0.15) is 477 Å². The van der Waals surface area contributed by atoms with E-state index >= 15 is 0 Å². The van der Waals surface area contributed by atoms with Crippen molar-refractivity contribution in [2.24, 2.45) is 17.8 Å². The normalized spacial score (nSPS) is 13.7. The lowest BCUT2D eigenvalue weighted by atomic mass is 9.91. The van der Waals surface area contributed by atoms with E-state index in [0.717, 1.165) is 50.9 Å². The Kier molecular flexibility index (Phi) is 73.4. The molecule has 0 aromatic rings. The lowest BCUT2D eigenvalue weighted by Gasteiger charge is -2.20. The lowest BCUT2D eigenvalue weighted by molar-refractivity contribution is -0.150.